The van der Waals surface area contributed by atoms with Gasteiger partial charge in [-0.1, -0.05) is 12.1 Å². The van der Waals surface area contributed by atoms with E-state index in [4.69, 9.17) is 4.84 Å². The summed E-state index contributed by atoms with van der Waals surface area (Å²) < 4.78 is 22.1. The van der Waals surface area contributed by atoms with Gasteiger partial charge in [0.15, 0.2) is 9.84 Å². The highest BCUT2D eigenvalue weighted by Crippen LogP contribution is 2.07. The summed E-state index contributed by atoms with van der Waals surface area (Å²) in [7, 11) is -3.05. The number of carbonyl (C=O) groups excluding carboxylic acids is 1. The van der Waals surface area contributed by atoms with Gasteiger partial charge in [0.1, 0.15) is 0 Å². The Bertz CT molecular complexity index is 479. The minimum Gasteiger partial charge on any atom is -0.274 e. The van der Waals surface area contributed by atoms with Crippen LogP contribution in [0.15, 0.2) is 24.3 Å². The number of rotatable bonds is 5. The molecule has 5 nitrogen and oxygen atoms in total. The molecule has 0 aliphatic carbocycles. The molecule has 0 radical (unpaired) electrons. The molecule has 0 saturated carbocycles. The minimum absolute atomic E-state index is 0.0274. The third-order valence-electron chi connectivity index (χ3n) is 1.95. The van der Waals surface area contributed by atoms with Crippen molar-refractivity contribution in [1.82, 2.24) is 5.48 Å². The number of nitrogens with one attached hydrogen (secondary N) is 1. The van der Waals surface area contributed by atoms with Crippen LogP contribution in [0.1, 0.15) is 22.8 Å². The summed E-state index contributed by atoms with van der Waals surface area (Å²) >= 11 is 0. The van der Waals surface area contributed by atoms with Crippen LogP contribution in [0.5, 0.6) is 0 Å². The van der Waals surface area contributed by atoms with Crippen molar-refractivity contribution in [2.24, 2.45) is 0 Å². The molecule has 0 heterocycles. The molecule has 0 aromatic heterocycles. The van der Waals surface area contributed by atoms with Crippen LogP contribution in [0, 0.1) is 0 Å². The molecule has 0 bridgehead atoms. The molecule has 6 heteroatoms. The van der Waals surface area contributed by atoms with Crippen LogP contribution in [0.4, 0.5) is 0 Å². The topological polar surface area (TPSA) is 72.5 Å². The lowest BCUT2D eigenvalue weighted by Crippen LogP contribution is -2.23. The SMILES string of the molecule is CCONC(=O)c1ccc(CS(C)(=O)=O)cc1. The fourth-order valence-electron chi connectivity index (χ4n) is 1.25. The van der Waals surface area contributed by atoms with Gasteiger partial charge < -0.3 is 0 Å². The van der Waals surface area contributed by atoms with Gasteiger partial charge in [0, 0.05) is 11.8 Å². The molecule has 1 aromatic carbocycles. The van der Waals surface area contributed by atoms with Crippen LogP contribution in [-0.4, -0.2) is 27.2 Å². The molecule has 0 saturated heterocycles. The number of hydrogen-bond acceptors (Lipinski definition) is 4. The predicted octanol–water partition coefficient (Wildman–Crippen LogP) is 0.913. The molecule has 0 aliphatic rings. The highest BCUT2D eigenvalue weighted by molar-refractivity contribution is 7.89. The van der Waals surface area contributed by atoms with Crippen LogP contribution in [0.3, 0.4) is 0 Å². The lowest BCUT2D eigenvalue weighted by Gasteiger charge is -2.04. The van der Waals surface area contributed by atoms with Crippen LogP contribution in [0.25, 0.3) is 0 Å². The van der Waals surface area contributed by atoms with Gasteiger partial charge >= 0.3 is 0 Å². The van der Waals surface area contributed by atoms with Gasteiger partial charge in [0.2, 0.25) is 0 Å². The van der Waals surface area contributed by atoms with Gasteiger partial charge in [-0.15, -0.1) is 0 Å². The zero-order valence-corrected chi connectivity index (χ0v) is 10.6. The molecule has 0 unspecified atom stereocenters. The Balaban J connectivity index is 2.71. The zero-order chi connectivity index (χ0) is 12.9. The van der Waals surface area contributed by atoms with Gasteiger partial charge in [-0.3, -0.25) is 9.63 Å². The first-order valence-electron chi connectivity index (χ1n) is 5.11. The van der Waals surface area contributed by atoms with E-state index in [-0.39, 0.29) is 11.7 Å². The summed E-state index contributed by atoms with van der Waals surface area (Å²) in [6, 6.07) is 6.35. The quantitative estimate of drug-likeness (QED) is 0.796. The first kappa shape index (κ1) is 13.7. The molecule has 1 rings (SSSR count). The van der Waals surface area contributed by atoms with Gasteiger partial charge in [0.25, 0.3) is 5.91 Å². The maximum atomic E-state index is 11.4. The molecule has 1 aromatic rings. The van der Waals surface area contributed by atoms with E-state index in [0.717, 1.165) is 0 Å². The van der Waals surface area contributed by atoms with E-state index in [9.17, 15) is 13.2 Å². The van der Waals surface area contributed by atoms with Crippen LogP contribution in [0.2, 0.25) is 0 Å². The van der Waals surface area contributed by atoms with Crippen molar-refractivity contribution in [3.8, 4) is 0 Å². The highest BCUT2D eigenvalue weighted by Gasteiger charge is 2.07. The number of hydroxylamine groups is 1. The van der Waals surface area contributed by atoms with Crippen LogP contribution >= 0.6 is 0 Å². The van der Waals surface area contributed by atoms with Gasteiger partial charge in [-0.2, -0.15) is 0 Å². The third-order valence-corrected chi connectivity index (χ3v) is 2.81. The van der Waals surface area contributed by atoms with E-state index in [0.29, 0.717) is 17.7 Å². The summed E-state index contributed by atoms with van der Waals surface area (Å²) in [4.78, 5) is 16.2. The molecule has 0 spiro atoms. The van der Waals surface area contributed by atoms with Gasteiger partial charge in [-0.25, -0.2) is 13.9 Å². The molecule has 1 N–H and O–H groups in total. The van der Waals surface area contributed by atoms with Crippen molar-refractivity contribution in [3.05, 3.63) is 35.4 Å². The average Bonchev–Trinajstić information content (AvgIpc) is 2.24. The van der Waals surface area contributed by atoms with Crippen LogP contribution in [-0.2, 0) is 20.4 Å². The Morgan fingerprint density at radius 3 is 2.35 bits per heavy atom. The molecule has 0 fully saturated rings. The molecule has 0 atom stereocenters. The first-order chi connectivity index (χ1) is 7.92. The van der Waals surface area contributed by atoms with Gasteiger partial charge in [0.05, 0.1) is 12.4 Å². The molecule has 0 aliphatic heterocycles. The Hall–Kier alpha value is -1.40. The van der Waals surface area contributed by atoms with Crippen molar-refractivity contribution in [2.75, 3.05) is 12.9 Å². The first-order valence-corrected chi connectivity index (χ1v) is 7.17. The number of hydrogen-bond donors (Lipinski definition) is 1. The third kappa shape index (κ3) is 4.97. The molecule has 1 amide bonds. The second-order valence-corrected chi connectivity index (χ2v) is 5.77. The second kappa shape index (κ2) is 5.79. The minimum atomic E-state index is -3.05. The number of sulfone groups is 1. The summed E-state index contributed by atoms with van der Waals surface area (Å²) in [5.41, 5.74) is 3.34. The smallest absolute Gasteiger partial charge is 0.274 e. The predicted molar refractivity (Wildman–Crippen MR) is 64.1 cm³/mol. The van der Waals surface area contributed by atoms with E-state index in [1.165, 1.54) is 6.26 Å². The van der Waals surface area contributed by atoms with E-state index in [2.05, 4.69) is 5.48 Å². The van der Waals surface area contributed by atoms with Crippen molar-refractivity contribution in [1.29, 1.82) is 0 Å². The fraction of sp³-hybridized carbons (Fsp3) is 0.364. The maximum Gasteiger partial charge on any atom is 0.274 e. The normalized spacial score (nSPS) is 11.2. The second-order valence-electron chi connectivity index (χ2n) is 3.63. The van der Waals surface area contributed by atoms with Crippen molar-refractivity contribution in [2.45, 2.75) is 12.7 Å². The zero-order valence-electron chi connectivity index (χ0n) is 9.76. The Morgan fingerprint density at radius 2 is 1.88 bits per heavy atom. The fourth-order valence-corrected chi connectivity index (χ4v) is 2.05. The standard InChI is InChI=1S/C11H15NO4S/c1-3-16-12-11(13)10-6-4-9(5-7-10)8-17(2,14)15/h4-7H,3,8H2,1-2H3,(H,12,13). The number of amides is 1. The van der Waals surface area contributed by atoms with Crippen molar-refractivity contribution < 1.29 is 18.0 Å². The lowest BCUT2D eigenvalue weighted by atomic mass is 10.1. The molecular formula is C11H15NO4S. The maximum absolute atomic E-state index is 11.4. The van der Waals surface area contributed by atoms with E-state index in [1.807, 2.05) is 0 Å². The number of carbonyl (C=O) groups is 1. The Kier molecular flexibility index (Phi) is 4.65. The lowest BCUT2D eigenvalue weighted by molar-refractivity contribution is 0.0364. The monoisotopic (exact) mass is 257 g/mol. The summed E-state index contributed by atoms with van der Waals surface area (Å²) in [6.45, 7) is 2.15. The van der Waals surface area contributed by atoms with E-state index in [1.54, 1.807) is 31.2 Å². The largest absolute Gasteiger partial charge is 0.274 e. The van der Waals surface area contributed by atoms with Gasteiger partial charge in [-0.05, 0) is 24.6 Å². The van der Waals surface area contributed by atoms with Crippen LogP contribution < -0.4 is 5.48 Å². The molecule has 94 valence electrons. The Labute approximate surface area is 101 Å². The molecular weight excluding hydrogens is 242 g/mol. The summed E-state index contributed by atoms with van der Waals surface area (Å²) in [6.07, 6.45) is 1.17. The van der Waals surface area contributed by atoms with Crippen molar-refractivity contribution >= 4 is 15.7 Å². The Morgan fingerprint density at radius 1 is 1.29 bits per heavy atom. The summed E-state index contributed by atoms with van der Waals surface area (Å²) in [5, 5.41) is 0. The average molecular weight is 257 g/mol. The number of benzene rings is 1. The van der Waals surface area contributed by atoms with Crippen molar-refractivity contribution in [3.63, 3.8) is 0 Å². The van der Waals surface area contributed by atoms with E-state index >= 15 is 0 Å². The summed E-state index contributed by atoms with van der Waals surface area (Å²) in [5.74, 6) is -0.377. The molecule has 17 heavy (non-hydrogen) atoms. The highest BCUT2D eigenvalue weighted by atomic mass is 32.2. The van der Waals surface area contributed by atoms with E-state index < -0.39 is 9.84 Å².